The van der Waals surface area contributed by atoms with E-state index in [1.165, 1.54) is 16.7 Å². The normalized spacial score (nSPS) is 20.7. The predicted molar refractivity (Wildman–Crippen MR) is 128 cm³/mol. The Kier molecular flexibility index (Phi) is 8.31. The van der Waals surface area contributed by atoms with Gasteiger partial charge in [-0.25, -0.2) is 0 Å². The van der Waals surface area contributed by atoms with Crippen LogP contribution in [0.5, 0.6) is 0 Å². The summed E-state index contributed by atoms with van der Waals surface area (Å²) in [6.45, 7) is 5.51. The second kappa shape index (κ2) is 10.5. The maximum Gasteiger partial charge on any atom is 0.391 e. The van der Waals surface area contributed by atoms with Crippen molar-refractivity contribution in [1.29, 1.82) is 0 Å². The van der Waals surface area contributed by atoms with Crippen LogP contribution in [0.25, 0.3) is 0 Å². The van der Waals surface area contributed by atoms with Crippen LogP contribution in [0.15, 0.2) is 48.5 Å². The monoisotopic (exact) mass is 519 g/mol. The van der Waals surface area contributed by atoms with E-state index in [1.807, 2.05) is 20.8 Å². The quantitative estimate of drug-likeness (QED) is 0.395. The highest BCUT2D eigenvalue weighted by atomic mass is 35.5. The highest BCUT2D eigenvalue weighted by Gasteiger charge is 2.45. The number of thioether (sulfide) groups is 1. The summed E-state index contributed by atoms with van der Waals surface area (Å²) in [7, 11) is 0. The lowest BCUT2D eigenvalue weighted by atomic mass is 9.91. The number of morpholine rings is 1. The minimum absolute atomic E-state index is 0.140. The second-order valence-corrected chi connectivity index (χ2v) is 11.7. The molecule has 9 heteroatoms. The van der Waals surface area contributed by atoms with Crippen molar-refractivity contribution < 1.29 is 22.7 Å². The molecule has 0 unspecified atom stereocenters. The molecule has 1 saturated heterocycles. The fourth-order valence-electron chi connectivity index (χ4n) is 3.87. The molecule has 33 heavy (non-hydrogen) atoms. The van der Waals surface area contributed by atoms with Gasteiger partial charge in [-0.05, 0) is 35.4 Å². The lowest BCUT2D eigenvalue weighted by Gasteiger charge is -2.46. The zero-order valence-electron chi connectivity index (χ0n) is 18.5. The lowest BCUT2D eigenvalue weighted by molar-refractivity contribution is -0.176. The van der Waals surface area contributed by atoms with Gasteiger partial charge in [0.15, 0.2) is 0 Å². The number of ether oxygens (including phenoxy) is 1. The Labute approximate surface area is 206 Å². The molecule has 0 aromatic heterocycles. The highest BCUT2D eigenvalue weighted by molar-refractivity contribution is 8.00. The van der Waals surface area contributed by atoms with Gasteiger partial charge in [-0.2, -0.15) is 24.9 Å². The van der Waals surface area contributed by atoms with Gasteiger partial charge in [-0.1, -0.05) is 68.2 Å². The zero-order chi connectivity index (χ0) is 24.4. The molecule has 2 aromatic carbocycles. The van der Waals surface area contributed by atoms with Crippen LogP contribution in [0, 0.1) is 0 Å². The van der Waals surface area contributed by atoms with E-state index in [4.69, 9.17) is 27.9 Å². The van der Waals surface area contributed by atoms with Gasteiger partial charge in [0, 0.05) is 20.5 Å². The van der Waals surface area contributed by atoms with Crippen LogP contribution in [0.4, 0.5) is 13.2 Å². The first-order chi connectivity index (χ1) is 15.3. The summed E-state index contributed by atoms with van der Waals surface area (Å²) >= 11 is 13.6. The zero-order valence-corrected chi connectivity index (χ0v) is 20.9. The molecule has 180 valence electrons. The smallest absolute Gasteiger partial charge is 0.361 e. The van der Waals surface area contributed by atoms with Gasteiger partial charge >= 0.3 is 6.18 Å². The van der Waals surface area contributed by atoms with Gasteiger partial charge in [-0.3, -0.25) is 4.79 Å². The van der Waals surface area contributed by atoms with Crippen LogP contribution in [0.2, 0.25) is 10.0 Å². The summed E-state index contributed by atoms with van der Waals surface area (Å²) in [6.07, 6.45) is -6.22. The van der Waals surface area contributed by atoms with E-state index in [0.29, 0.717) is 21.2 Å². The molecule has 0 spiro atoms. The van der Waals surface area contributed by atoms with Crippen molar-refractivity contribution in [2.24, 2.45) is 0 Å². The molecule has 3 atom stereocenters. The van der Waals surface area contributed by atoms with Crippen molar-refractivity contribution in [3.63, 3.8) is 0 Å². The van der Waals surface area contributed by atoms with Crippen molar-refractivity contribution in [3.8, 4) is 0 Å². The summed E-state index contributed by atoms with van der Waals surface area (Å²) in [5.74, 6) is -0.335. The van der Waals surface area contributed by atoms with E-state index in [0.717, 1.165) is 0 Å². The summed E-state index contributed by atoms with van der Waals surface area (Å²) in [4.78, 5) is 14.5. The van der Waals surface area contributed by atoms with Gasteiger partial charge in [0.25, 0.3) is 0 Å². The van der Waals surface area contributed by atoms with Gasteiger partial charge in [0.05, 0.1) is 18.5 Å². The Morgan fingerprint density at radius 2 is 1.73 bits per heavy atom. The van der Waals surface area contributed by atoms with E-state index in [1.54, 1.807) is 48.5 Å². The molecule has 1 fully saturated rings. The van der Waals surface area contributed by atoms with Crippen molar-refractivity contribution in [2.75, 3.05) is 12.4 Å². The number of rotatable bonds is 6. The molecule has 1 aliphatic heterocycles. The first-order valence-corrected chi connectivity index (χ1v) is 12.2. The van der Waals surface area contributed by atoms with Gasteiger partial charge in [0.2, 0.25) is 5.91 Å². The minimum Gasteiger partial charge on any atom is -0.361 e. The van der Waals surface area contributed by atoms with E-state index in [2.05, 4.69) is 0 Å². The Morgan fingerprint density at radius 3 is 2.30 bits per heavy atom. The van der Waals surface area contributed by atoms with Crippen molar-refractivity contribution in [3.05, 3.63) is 69.7 Å². The average molecular weight is 520 g/mol. The maximum atomic E-state index is 13.6. The molecule has 0 saturated carbocycles. The minimum atomic E-state index is -4.43. The molecule has 1 amide bonds. The number of benzene rings is 2. The molecule has 3 nitrogen and oxygen atoms in total. The first-order valence-electron chi connectivity index (χ1n) is 10.5. The molecule has 0 aliphatic carbocycles. The maximum absolute atomic E-state index is 13.6. The van der Waals surface area contributed by atoms with Crippen molar-refractivity contribution in [2.45, 2.75) is 56.3 Å². The van der Waals surface area contributed by atoms with Crippen LogP contribution in [0.3, 0.4) is 0 Å². The van der Waals surface area contributed by atoms with Crippen LogP contribution in [0.1, 0.15) is 50.5 Å². The first kappa shape index (κ1) is 26.2. The number of alkyl halides is 3. The van der Waals surface area contributed by atoms with Crippen molar-refractivity contribution >= 4 is 40.9 Å². The lowest BCUT2D eigenvalue weighted by Crippen LogP contribution is -2.53. The standard InChI is InChI=1S/C24H26Cl2F3NO2S/c1-23(2,3)33-14-19(12-24(27,28)29)30-20(31)13-32-22(16-5-4-6-18(26)11-16)21(30)15-7-9-17(25)10-8-15/h4-11,19,21-22H,12-14H2,1-3H3/t19-,21-,22-/m1/s1. The molecule has 0 radical (unpaired) electrons. The predicted octanol–water partition coefficient (Wildman–Crippen LogP) is 7.49. The van der Waals surface area contributed by atoms with Crippen molar-refractivity contribution in [1.82, 2.24) is 4.90 Å². The molecule has 1 aliphatic rings. The Morgan fingerprint density at radius 1 is 1.06 bits per heavy atom. The summed E-state index contributed by atoms with van der Waals surface area (Å²) in [5.41, 5.74) is 1.33. The number of hydrogen-bond donors (Lipinski definition) is 0. The summed E-state index contributed by atoms with van der Waals surface area (Å²) in [5, 5.41) is 0.965. The van der Waals surface area contributed by atoms with Gasteiger partial charge < -0.3 is 9.64 Å². The Bertz CT molecular complexity index is 963. The molecular formula is C24H26Cl2F3NO2S. The third-order valence-electron chi connectivity index (χ3n) is 5.22. The molecule has 0 bridgehead atoms. The van der Waals surface area contributed by atoms with E-state index in [9.17, 15) is 18.0 Å². The number of hydrogen-bond acceptors (Lipinski definition) is 3. The number of carbonyl (C=O) groups excluding carboxylic acids is 1. The number of carbonyl (C=O) groups is 1. The SMILES string of the molecule is CC(C)(C)SC[C@@H](CC(F)(F)F)N1C(=O)CO[C@H](c2cccc(Cl)c2)[C@H]1c1ccc(Cl)cc1. The third kappa shape index (κ3) is 7.28. The molecule has 2 aromatic rings. The molecule has 3 rings (SSSR count). The van der Waals surface area contributed by atoms with Gasteiger partial charge in [-0.15, -0.1) is 0 Å². The topological polar surface area (TPSA) is 29.5 Å². The number of nitrogens with zero attached hydrogens (tertiary/aromatic N) is 1. The molecule has 0 N–H and O–H groups in total. The summed E-state index contributed by atoms with van der Waals surface area (Å²) < 4.78 is 46.6. The van der Waals surface area contributed by atoms with E-state index in [-0.39, 0.29) is 17.1 Å². The average Bonchev–Trinajstić information content (AvgIpc) is 2.70. The largest absolute Gasteiger partial charge is 0.391 e. The van der Waals surface area contributed by atoms with E-state index < -0.39 is 36.7 Å². The van der Waals surface area contributed by atoms with E-state index >= 15 is 0 Å². The number of halogens is 5. The Balaban J connectivity index is 2.10. The van der Waals surface area contributed by atoms with Crippen LogP contribution in [-0.2, 0) is 9.53 Å². The van der Waals surface area contributed by atoms with Crippen LogP contribution < -0.4 is 0 Å². The second-order valence-electron chi connectivity index (χ2n) is 8.98. The highest BCUT2D eigenvalue weighted by Crippen LogP contribution is 2.44. The van der Waals surface area contributed by atoms with Gasteiger partial charge in [0.1, 0.15) is 12.7 Å². The third-order valence-corrected chi connectivity index (χ3v) is 7.12. The molecular weight excluding hydrogens is 494 g/mol. The fraction of sp³-hybridized carbons (Fsp3) is 0.458. The number of amides is 1. The Hall–Kier alpha value is -1.41. The van der Waals surface area contributed by atoms with Crippen LogP contribution in [-0.4, -0.2) is 40.1 Å². The summed E-state index contributed by atoms with van der Waals surface area (Å²) in [6, 6.07) is 11.9. The van der Waals surface area contributed by atoms with Crippen LogP contribution >= 0.6 is 35.0 Å². The molecule has 1 heterocycles. The fourth-order valence-corrected chi connectivity index (χ4v) is 5.16.